The van der Waals surface area contributed by atoms with Gasteiger partial charge in [0.25, 0.3) is 0 Å². The van der Waals surface area contributed by atoms with E-state index in [0.717, 1.165) is 41.5 Å². The Bertz CT molecular complexity index is 976. The molecule has 30 heavy (non-hydrogen) atoms. The Hall–Kier alpha value is -3.06. The van der Waals surface area contributed by atoms with E-state index in [1.54, 1.807) is 18.4 Å². The van der Waals surface area contributed by atoms with Crippen LogP contribution in [0.15, 0.2) is 60.0 Å². The number of hydrogen-bond acceptors (Lipinski definition) is 5. The summed E-state index contributed by atoms with van der Waals surface area (Å²) in [5.74, 6) is 1.30. The van der Waals surface area contributed by atoms with Gasteiger partial charge in [-0.25, -0.2) is 9.78 Å². The molecule has 156 valence electrons. The number of nitrogens with one attached hydrogen (secondary N) is 2. The first-order valence-electron chi connectivity index (χ1n) is 10.1. The van der Waals surface area contributed by atoms with Crippen LogP contribution in [0.4, 0.5) is 10.5 Å². The van der Waals surface area contributed by atoms with Gasteiger partial charge in [-0.1, -0.05) is 36.4 Å². The number of urea groups is 1. The molecule has 1 aliphatic rings. The number of thiazole rings is 1. The number of amides is 2. The molecule has 1 saturated heterocycles. The second-order valence-corrected chi connectivity index (χ2v) is 8.30. The predicted molar refractivity (Wildman–Crippen MR) is 121 cm³/mol. The molecule has 0 aliphatic carbocycles. The van der Waals surface area contributed by atoms with Gasteiger partial charge in [0.2, 0.25) is 0 Å². The number of rotatable bonds is 7. The van der Waals surface area contributed by atoms with E-state index < -0.39 is 0 Å². The van der Waals surface area contributed by atoms with Crippen molar-refractivity contribution in [3.8, 4) is 17.0 Å². The zero-order chi connectivity index (χ0) is 20.8. The molecule has 4 rings (SSSR count). The van der Waals surface area contributed by atoms with Crippen molar-refractivity contribution >= 4 is 23.1 Å². The summed E-state index contributed by atoms with van der Waals surface area (Å²) in [5.41, 5.74) is 3.20. The summed E-state index contributed by atoms with van der Waals surface area (Å²) in [7, 11) is 1.68. The van der Waals surface area contributed by atoms with Crippen molar-refractivity contribution in [3.63, 3.8) is 0 Å². The minimum atomic E-state index is -0.147. The third-order valence-electron chi connectivity index (χ3n) is 5.28. The van der Waals surface area contributed by atoms with Crippen LogP contribution < -0.4 is 20.3 Å². The molecule has 7 heteroatoms. The van der Waals surface area contributed by atoms with Crippen molar-refractivity contribution in [2.75, 3.05) is 31.6 Å². The predicted octanol–water partition coefficient (Wildman–Crippen LogP) is 4.14. The standard InChI is InChI=1S/C23H26N4O2S/c1-29-20-9-5-8-19(12-20)27-11-10-17(15-27)13-24-23(28)25-14-22-26-21(16-30-22)18-6-3-2-4-7-18/h2-9,12,16-17H,10-11,13-15H2,1H3,(H2,24,25,28). The normalized spacial score (nSPS) is 15.8. The van der Waals surface area contributed by atoms with Crippen LogP contribution in [0.1, 0.15) is 11.4 Å². The largest absolute Gasteiger partial charge is 0.497 e. The Morgan fingerprint density at radius 2 is 2.07 bits per heavy atom. The first kappa shape index (κ1) is 20.2. The van der Waals surface area contributed by atoms with Gasteiger partial charge in [0.05, 0.1) is 19.3 Å². The van der Waals surface area contributed by atoms with Crippen LogP contribution in [-0.4, -0.2) is 37.8 Å². The fourth-order valence-corrected chi connectivity index (χ4v) is 4.37. The van der Waals surface area contributed by atoms with Crippen LogP contribution in [0.5, 0.6) is 5.75 Å². The number of carbonyl (C=O) groups is 1. The maximum Gasteiger partial charge on any atom is 0.315 e. The van der Waals surface area contributed by atoms with E-state index in [1.807, 2.05) is 47.8 Å². The molecule has 1 unspecified atom stereocenters. The molecule has 2 heterocycles. The number of benzene rings is 2. The van der Waals surface area contributed by atoms with Crippen molar-refractivity contribution < 1.29 is 9.53 Å². The number of aromatic nitrogens is 1. The van der Waals surface area contributed by atoms with Crippen LogP contribution in [-0.2, 0) is 6.54 Å². The van der Waals surface area contributed by atoms with Crippen molar-refractivity contribution in [1.82, 2.24) is 15.6 Å². The number of ether oxygens (including phenoxy) is 1. The Labute approximate surface area is 180 Å². The van der Waals surface area contributed by atoms with Gasteiger partial charge in [0.1, 0.15) is 10.8 Å². The first-order chi connectivity index (χ1) is 14.7. The lowest BCUT2D eigenvalue weighted by Crippen LogP contribution is -2.38. The highest BCUT2D eigenvalue weighted by Crippen LogP contribution is 2.26. The number of anilines is 1. The second kappa shape index (κ2) is 9.63. The monoisotopic (exact) mass is 422 g/mol. The highest BCUT2D eigenvalue weighted by Gasteiger charge is 2.23. The van der Waals surface area contributed by atoms with Gasteiger partial charge < -0.3 is 20.3 Å². The zero-order valence-electron chi connectivity index (χ0n) is 17.0. The summed E-state index contributed by atoms with van der Waals surface area (Å²) < 4.78 is 5.31. The Morgan fingerprint density at radius 1 is 1.20 bits per heavy atom. The molecule has 2 amide bonds. The number of hydrogen-bond donors (Lipinski definition) is 2. The fourth-order valence-electron chi connectivity index (χ4n) is 3.63. The van der Waals surface area contributed by atoms with Crippen LogP contribution in [0.2, 0.25) is 0 Å². The van der Waals surface area contributed by atoms with Gasteiger partial charge in [-0.05, 0) is 24.5 Å². The summed E-state index contributed by atoms with van der Waals surface area (Å²) in [6, 6.07) is 18.0. The van der Waals surface area contributed by atoms with Crippen LogP contribution in [0, 0.1) is 5.92 Å². The van der Waals surface area contributed by atoms with Crippen molar-refractivity contribution in [1.29, 1.82) is 0 Å². The molecule has 2 N–H and O–H groups in total. The lowest BCUT2D eigenvalue weighted by molar-refractivity contribution is 0.239. The minimum absolute atomic E-state index is 0.147. The van der Waals surface area contributed by atoms with Crippen LogP contribution >= 0.6 is 11.3 Å². The molecule has 2 aromatic carbocycles. The zero-order valence-corrected chi connectivity index (χ0v) is 17.8. The van der Waals surface area contributed by atoms with Crippen molar-refractivity contribution in [2.45, 2.75) is 13.0 Å². The summed E-state index contributed by atoms with van der Waals surface area (Å²) >= 11 is 1.56. The molecule has 0 spiro atoms. The summed E-state index contributed by atoms with van der Waals surface area (Å²) in [5, 5.41) is 8.84. The molecule has 0 bridgehead atoms. The fraction of sp³-hybridized carbons (Fsp3) is 0.304. The summed E-state index contributed by atoms with van der Waals surface area (Å²) in [6.45, 7) is 3.02. The van der Waals surface area contributed by atoms with E-state index in [2.05, 4.69) is 32.7 Å². The molecule has 0 saturated carbocycles. The van der Waals surface area contributed by atoms with Gasteiger partial charge in [-0.15, -0.1) is 11.3 Å². The Balaban J connectivity index is 1.21. The quantitative estimate of drug-likeness (QED) is 0.600. The molecular weight excluding hydrogens is 396 g/mol. The van der Waals surface area contributed by atoms with E-state index in [-0.39, 0.29) is 6.03 Å². The molecular formula is C23H26N4O2S. The molecule has 1 aromatic heterocycles. The molecule has 1 atom stereocenters. The lowest BCUT2D eigenvalue weighted by atomic mass is 10.1. The third kappa shape index (κ3) is 5.10. The highest BCUT2D eigenvalue weighted by atomic mass is 32.1. The average molecular weight is 423 g/mol. The van der Waals surface area contributed by atoms with Crippen LogP contribution in [0.25, 0.3) is 11.3 Å². The smallest absolute Gasteiger partial charge is 0.315 e. The Morgan fingerprint density at radius 3 is 2.90 bits per heavy atom. The molecule has 6 nitrogen and oxygen atoms in total. The van der Waals surface area contributed by atoms with Gasteiger partial charge in [0.15, 0.2) is 0 Å². The highest BCUT2D eigenvalue weighted by molar-refractivity contribution is 7.09. The van der Waals surface area contributed by atoms with Crippen molar-refractivity contribution in [2.24, 2.45) is 5.92 Å². The summed E-state index contributed by atoms with van der Waals surface area (Å²) in [6.07, 6.45) is 1.06. The van der Waals surface area contributed by atoms with E-state index in [0.29, 0.717) is 19.0 Å². The maximum atomic E-state index is 12.2. The van der Waals surface area contributed by atoms with Crippen molar-refractivity contribution in [3.05, 3.63) is 65.0 Å². The van der Waals surface area contributed by atoms with Gasteiger partial charge in [-0.2, -0.15) is 0 Å². The van der Waals surface area contributed by atoms with Gasteiger partial charge in [0, 0.05) is 42.3 Å². The molecule has 1 fully saturated rings. The topological polar surface area (TPSA) is 66.5 Å². The van der Waals surface area contributed by atoms with Crippen LogP contribution in [0.3, 0.4) is 0 Å². The van der Waals surface area contributed by atoms with E-state index in [1.165, 1.54) is 5.69 Å². The number of methoxy groups -OCH3 is 1. The summed E-state index contributed by atoms with van der Waals surface area (Å²) in [4.78, 5) is 19.2. The molecule has 1 aliphatic heterocycles. The lowest BCUT2D eigenvalue weighted by Gasteiger charge is -2.19. The Kier molecular flexibility index (Phi) is 6.49. The van der Waals surface area contributed by atoms with E-state index >= 15 is 0 Å². The molecule has 3 aromatic rings. The second-order valence-electron chi connectivity index (χ2n) is 7.36. The van der Waals surface area contributed by atoms with E-state index in [9.17, 15) is 4.79 Å². The minimum Gasteiger partial charge on any atom is -0.497 e. The number of carbonyl (C=O) groups excluding carboxylic acids is 1. The first-order valence-corrected chi connectivity index (χ1v) is 11.0. The number of nitrogens with zero attached hydrogens (tertiary/aromatic N) is 2. The SMILES string of the molecule is COc1cccc(N2CCC(CNC(=O)NCc3nc(-c4ccccc4)cs3)C2)c1. The average Bonchev–Trinajstić information content (AvgIpc) is 3.47. The van der Waals surface area contributed by atoms with Gasteiger partial charge in [-0.3, -0.25) is 0 Å². The third-order valence-corrected chi connectivity index (χ3v) is 6.13. The van der Waals surface area contributed by atoms with Gasteiger partial charge >= 0.3 is 6.03 Å². The maximum absolute atomic E-state index is 12.2. The van der Waals surface area contributed by atoms with E-state index in [4.69, 9.17) is 4.74 Å². The molecule has 0 radical (unpaired) electrons.